The fourth-order valence-electron chi connectivity index (χ4n) is 2.71. The van der Waals surface area contributed by atoms with Crippen LogP contribution in [0.5, 0.6) is 11.8 Å². The molecule has 0 bridgehead atoms. The van der Waals surface area contributed by atoms with Crippen LogP contribution in [0.15, 0.2) is 71.2 Å². The van der Waals surface area contributed by atoms with Gasteiger partial charge in [0.05, 0.1) is 17.6 Å². The highest BCUT2D eigenvalue weighted by Gasteiger charge is 2.14. The molecule has 130 valence electrons. The first-order valence-electron chi connectivity index (χ1n) is 7.92. The third-order valence-electron chi connectivity index (χ3n) is 3.93. The van der Waals surface area contributed by atoms with Crippen LogP contribution in [0.2, 0.25) is 10.0 Å². The van der Waals surface area contributed by atoms with Crippen LogP contribution in [0.25, 0.3) is 11.0 Å². The number of imidazole rings is 1. The highest BCUT2D eigenvalue weighted by Crippen LogP contribution is 2.30. The number of hydrogen-bond donors (Lipinski definition) is 0. The molecule has 3 nitrogen and oxygen atoms in total. The van der Waals surface area contributed by atoms with E-state index in [9.17, 15) is 0 Å². The summed E-state index contributed by atoms with van der Waals surface area (Å²) in [6.07, 6.45) is 0. The molecule has 4 rings (SSSR count). The van der Waals surface area contributed by atoms with E-state index in [0.29, 0.717) is 28.3 Å². The van der Waals surface area contributed by atoms with Gasteiger partial charge >= 0.3 is 6.01 Å². The standard InChI is InChI=1S/C20H13BrCl2N2O/c21-14-6-9-18-19(10-14)25(12-13-4-7-15(22)8-5-13)20(24-18)26-17-3-1-2-16(23)11-17/h1-11H,12H2. The molecule has 0 aliphatic carbocycles. The van der Waals surface area contributed by atoms with Crippen molar-refractivity contribution in [2.24, 2.45) is 0 Å². The molecular formula is C20H13BrCl2N2O. The Bertz CT molecular complexity index is 1080. The minimum Gasteiger partial charge on any atom is -0.425 e. The van der Waals surface area contributed by atoms with Gasteiger partial charge in [-0.25, -0.2) is 0 Å². The van der Waals surface area contributed by atoms with Gasteiger partial charge in [-0.3, -0.25) is 4.57 Å². The van der Waals surface area contributed by atoms with Crippen molar-refractivity contribution in [3.8, 4) is 11.8 Å². The predicted octanol–water partition coefficient (Wildman–Crippen LogP) is 6.95. The van der Waals surface area contributed by atoms with E-state index in [-0.39, 0.29) is 0 Å². The smallest absolute Gasteiger partial charge is 0.303 e. The van der Waals surface area contributed by atoms with E-state index in [1.807, 2.05) is 65.2 Å². The highest BCUT2D eigenvalue weighted by atomic mass is 79.9. The first kappa shape index (κ1) is 17.4. The van der Waals surface area contributed by atoms with E-state index in [2.05, 4.69) is 20.9 Å². The molecule has 0 saturated heterocycles. The maximum atomic E-state index is 6.07. The van der Waals surface area contributed by atoms with Crippen molar-refractivity contribution >= 4 is 50.2 Å². The van der Waals surface area contributed by atoms with Crippen LogP contribution >= 0.6 is 39.1 Å². The molecule has 0 unspecified atom stereocenters. The second-order valence-corrected chi connectivity index (χ2v) is 7.59. The Morgan fingerprint density at radius 3 is 2.50 bits per heavy atom. The topological polar surface area (TPSA) is 27.1 Å². The first-order chi connectivity index (χ1) is 12.6. The van der Waals surface area contributed by atoms with Crippen molar-refractivity contribution in [3.63, 3.8) is 0 Å². The maximum Gasteiger partial charge on any atom is 0.303 e. The Hall–Kier alpha value is -2.01. The number of aromatic nitrogens is 2. The number of hydrogen-bond acceptors (Lipinski definition) is 2. The predicted molar refractivity (Wildman–Crippen MR) is 110 cm³/mol. The number of nitrogens with zero attached hydrogens (tertiary/aromatic N) is 2. The normalized spacial score (nSPS) is 11.0. The molecule has 0 atom stereocenters. The van der Waals surface area contributed by atoms with Crippen molar-refractivity contribution in [2.45, 2.75) is 6.54 Å². The average molecular weight is 448 g/mol. The lowest BCUT2D eigenvalue weighted by Gasteiger charge is -2.10. The molecule has 0 aliphatic rings. The van der Waals surface area contributed by atoms with Crippen LogP contribution in [0.1, 0.15) is 5.56 Å². The summed E-state index contributed by atoms with van der Waals surface area (Å²) in [6, 6.07) is 21.5. The molecular weight excluding hydrogens is 435 g/mol. The van der Waals surface area contributed by atoms with Gasteiger partial charge in [0.15, 0.2) is 0 Å². The lowest BCUT2D eigenvalue weighted by Crippen LogP contribution is -2.02. The number of benzene rings is 3. The molecule has 4 aromatic rings. The summed E-state index contributed by atoms with van der Waals surface area (Å²) in [5, 5.41) is 1.33. The first-order valence-corrected chi connectivity index (χ1v) is 9.47. The molecule has 0 N–H and O–H groups in total. The summed E-state index contributed by atoms with van der Waals surface area (Å²) < 4.78 is 9.05. The zero-order valence-corrected chi connectivity index (χ0v) is 16.6. The average Bonchev–Trinajstić information content (AvgIpc) is 2.94. The lowest BCUT2D eigenvalue weighted by atomic mass is 10.2. The third kappa shape index (κ3) is 3.73. The van der Waals surface area contributed by atoms with Crippen LogP contribution in [-0.4, -0.2) is 9.55 Å². The van der Waals surface area contributed by atoms with Gasteiger partial charge in [0.1, 0.15) is 5.75 Å². The largest absolute Gasteiger partial charge is 0.425 e. The van der Waals surface area contributed by atoms with Crippen LogP contribution in [0.4, 0.5) is 0 Å². The monoisotopic (exact) mass is 446 g/mol. The van der Waals surface area contributed by atoms with Crippen molar-refractivity contribution in [1.29, 1.82) is 0 Å². The van der Waals surface area contributed by atoms with Crippen molar-refractivity contribution < 1.29 is 4.74 Å². The van der Waals surface area contributed by atoms with Crippen LogP contribution < -0.4 is 4.74 Å². The van der Waals surface area contributed by atoms with Gasteiger partial charge in [-0.2, -0.15) is 4.98 Å². The summed E-state index contributed by atoms with van der Waals surface area (Å²) in [6.45, 7) is 0.611. The van der Waals surface area contributed by atoms with Gasteiger partial charge in [-0.05, 0) is 54.1 Å². The highest BCUT2D eigenvalue weighted by molar-refractivity contribution is 9.10. The summed E-state index contributed by atoms with van der Waals surface area (Å²) in [5.41, 5.74) is 2.94. The fourth-order valence-corrected chi connectivity index (χ4v) is 3.37. The van der Waals surface area contributed by atoms with Crippen molar-refractivity contribution in [1.82, 2.24) is 9.55 Å². The molecule has 0 spiro atoms. The second-order valence-electron chi connectivity index (χ2n) is 5.80. The maximum absolute atomic E-state index is 6.07. The summed E-state index contributed by atoms with van der Waals surface area (Å²) >= 11 is 15.6. The van der Waals surface area contributed by atoms with Gasteiger partial charge in [0.25, 0.3) is 0 Å². The Labute approximate surface area is 169 Å². The van der Waals surface area contributed by atoms with Crippen LogP contribution in [0.3, 0.4) is 0 Å². The minimum atomic E-state index is 0.510. The van der Waals surface area contributed by atoms with Crippen molar-refractivity contribution in [3.05, 3.63) is 86.8 Å². The molecule has 0 radical (unpaired) electrons. The Morgan fingerprint density at radius 1 is 0.923 bits per heavy atom. The second kappa shape index (κ2) is 7.31. The number of ether oxygens (including phenoxy) is 1. The van der Waals surface area contributed by atoms with Gasteiger partial charge in [-0.15, -0.1) is 0 Å². The Balaban J connectivity index is 1.79. The molecule has 0 saturated carbocycles. The lowest BCUT2D eigenvalue weighted by molar-refractivity contribution is 0.421. The Morgan fingerprint density at radius 2 is 1.73 bits per heavy atom. The molecule has 1 heterocycles. The molecule has 6 heteroatoms. The molecule has 3 aromatic carbocycles. The van der Waals surface area contributed by atoms with Crippen LogP contribution in [-0.2, 0) is 6.54 Å². The van der Waals surface area contributed by atoms with Gasteiger partial charge in [0, 0.05) is 14.5 Å². The zero-order chi connectivity index (χ0) is 18.1. The zero-order valence-electron chi connectivity index (χ0n) is 13.5. The minimum absolute atomic E-state index is 0.510. The molecule has 1 aromatic heterocycles. The van der Waals surface area contributed by atoms with Crippen molar-refractivity contribution in [2.75, 3.05) is 0 Å². The summed E-state index contributed by atoms with van der Waals surface area (Å²) in [4.78, 5) is 4.64. The van der Waals surface area contributed by atoms with E-state index in [0.717, 1.165) is 21.1 Å². The third-order valence-corrected chi connectivity index (χ3v) is 4.91. The summed E-state index contributed by atoms with van der Waals surface area (Å²) in [7, 11) is 0. The molecule has 26 heavy (non-hydrogen) atoms. The SMILES string of the molecule is Clc1ccc(Cn2c(Oc3cccc(Cl)c3)nc3ccc(Br)cc32)cc1. The quantitative estimate of drug-likeness (QED) is 0.338. The molecule has 0 amide bonds. The number of fused-ring (bicyclic) bond motifs is 1. The molecule has 0 aliphatic heterocycles. The van der Waals surface area contributed by atoms with Crippen LogP contribution in [0, 0.1) is 0 Å². The number of halogens is 3. The van der Waals surface area contributed by atoms with E-state index >= 15 is 0 Å². The van der Waals surface area contributed by atoms with Gasteiger partial charge < -0.3 is 4.74 Å². The summed E-state index contributed by atoms with van der Waals surface area (Å²) in [5.74, 6) is 0.643. The van der Waals surface area contributed by atoms with Gasteiger partial charge in [0.2, 0.25) is 0 Å². The van der Waals surface area contributed by atoms with E-state index < -0.39 is 0 Å². The fraction of sp³-hybridized carbons (Fsp3) is 0.0500. The van der Waals surface area contributed by atoms with E-state index in [4.69, 9.17) is 27.9 Å². The Kier molecular flexibility index (Phi) is 4.90. The number of rotatable bonds is 4. The molecule has 0 fully saturated rings. The van der Waals surface area contributed by atoms with E-state index in [1.165, 1.54) is 0 Å². The van der Waals surface area contributed by atoms with Gasteiger partial charge in [-0.1, -0.05) is 57.3 Å². The van der Waals surface area contributed by atoms with E-state index in [1.54, 1.807) is 6.07 Å².